The quantitative estimate of drug-likeness (QED) is 0.701. The smallest absolute Gasteiger partial charge is 0.226 e. The Morgan fingerprint density at radius 1 is 1.10 bits per heavy atom. The molecule has 0 spiro atoms. The van der Waals surface area contributed by atoms with Crippen LogP contribution in [0.3, 0.4) is 0 Å². The van der Waals surface area contributed by atoms with Crippen molar-refractivity contribution in [3.8, 4) is 11.1 Å². The zero-order chi connectivity index (χ0) is 20.1. The zero-order valence-electron chi connectivity index (χ0n) is 17.0. The normalized spacial score (nSPS) is 24.2. The van der Waals surface area contributed by atoms with Crippen molar-refractivity contribution in [2.24, 2.45) is 5.92 Å². The Bertz CT molecular complexity index is 835. The average molecular weight is 392 g/mol. The Morgan fingerprint density at radius 3 is 2.59 bits per heavy atom. The minimum absolute atomic E-state index is 0.0305. The molecule has 5 heteroatoms. The van der Waals surface area contributed by atoms with Gasteiger partial charge in [-0.3, -0.25) is 4.79 Å². The zero-order valence-corrected chi connectivity index (χ0v) is 17.0. The molecule has 1 saturated heterocycles. The second kappa shape index (κ2) is 9.31. The van der Waals surface area contributed by atoms with Gasteiger partial charge >= 0.3 is 0 Å². The maximum Gasteiger partial charge on any atom is 0.226 e. The van der Waals surface area contributed by atoms with Gasteiger partial charge in [0.05, 0.1) is 6.10 Å². The highest BCUT2D eigenvalue weighted by Crippen LogP contribution is 2.33. The summed E-state index contributed by atoms with van der Waals surface area (Å²) >= 11 is 0. The first-order chi connectivity index (χ1) is 14.3. The van der Waals surface area contributed by atoms with E-state index in [0.29, 0.717) is 12.5 Å². The Labute approximate surface area is 172 Å². The van der Waals surface area contributed by atoms with Crippen molar-refractivity contribution < 1.29 is 9.53 Å². The topological polar surface area (TPSA) is 55.3 Å². The van der Waals surface area contributed by atoms with Crippen LogP contribution in [-0.4, -0.2) is 40.0 Å². The highest BCUT2D eigenvalue weighted by atomic mass is 16.5. The van der Waals surface area contributed by atoms with Gasteiger partial charge in [-0.1, -0.05) is 36.4 Å². The standard InChI is InChI=1S/C24H29N3O2/c1-2-27(24(28)20-6-4-3-5-7-20)22-12-13-29-23(14-22)19-10-8-18(9-11-19)21-15-25-17-26-16-21/h3-4,8-11,15-17,20,22-23H,2,5-7,12-14H2,1H3/t20?,22-,23+/m0/s1. The monoisotopic (exact) mass is 391 g/mol. The second-order valence-corrected chi connectivity index (χ2v) is 7.89. The van der Waals surface area contributed by atoms with E-state index >= 15 is 0 Å². The highest BCUT2D eigenvalue weighted by molar-refractivity contribution is 5.79. The number of ether oxygens (including phenoxy) is 1. The molecule has 0 saturated carbocycles. The van der Waals surface area contributed by atoms with Gasteiger partial charge in [0.2, 0.25) is 5.91 Å². The summed E-state index contributed by atoms with van der Waals surface area (Å²) in [4.78, 5) is 23.4. The minimum Gasteiger partial charge on any atom is -0.373 e. The molecule has 1 fully saturated rings. The molecule has 3 atom stereocenters. The number of allylic oxidation sites excluding steroid dienone is 2. The van der Waals surface area contributed by atoms with Crippen LogP contribution in [0.2, 0.25) is 0 Å². The molecular weight excluding hydrogens is 362 g/mol. The van der Waals surface area contributed by atoms with E-state index in [2.05, 4.69) is 58.2 Å². The lowest BCUT2D eigenvalue weighted by Crippen LogP contribution is -2.46. The van der Waals surface area contributed by atoms with E-state index in [-0.39, 0.29) is 18.1 Å². The van der Waals surface area contributed by atoms with Crippen molar-refractivity contribution in [1.82, 2.24) is 14.9 Å². The lowest BCUT2D eigenvalue weighted by Gasteiger charge is -2.39. The van der Waals surface area contributed by atoms with E-state index in [0.717, 1.165) is 49.8 Å². The van der Waals surface area contributed by atoms with Gasteiger partial charge in [-0.05, 0) is 50.2 Å². The number of amides is 1. The van der Waals surface area contributed by atoms with Crippen LogP contribution < -0.4 is 0 Å². The molecule has 1 amide bonds. The summed E-state index contributed by atoms with van der Waals surface area (Å²) in [5.41, 5.74) is 3.27. The van der Waals surface area contributed by atoms with E-state index < -0.39 is 0 Å². The highest BCUT2D eigenvalue weighted by Gasteiger charge is 2.33. The van der Waals surface area contributed by atoms with Gasteiger partial charge in [0.25, 0.3) is 0 Å². The minimum atomic E-state index is 0.0305. The summed E-state index contributed by atoms with van der Waals surface area (Å²) in [6.07, 6.45) is 14.2. The number of carbonyl (C=O) groups excluding carboxylic acids is 1. The molecule has 2 aromatic rings. The van der Waals surface area contributed by atoms with Gasteiger partial charge in [-0.2, -0.15) is 0 Å². The largest absolute Gasteiger partial charge is 0.373 e. The van der Waals surface area contributed by atoms with Crippen LogP contribution in [-0.2, 0) is 9.53 Å². The van der Waals surface area contributed by atoms with Crippen LogP contribution in [0.25, 0.3) is 11.1 Å². The van der Waals surface area contributed by atoms with Crippen molar-refractivity contribution in [2.75, 3.05) is 13.2 Å². The molecule has 2 heterocycles. The van der Waals surface area contributed by atoms with Crippen LogP contribution >= 0.6 is 0 Å². The fraction of sp³-hybridized carbons (Fsp3) is 0.458. The first-order valence-corrected chi connectivity index (χ1v) is 10.7. The Hall–Kier alpha value is -2.53. The number of benzene rings is 1. The van der Waals surface area contributed by atoms with E-state index in [9.17, 15) is 4.79 Å². The van der Waals surface area contributed by atoms with Crippen LogP contribution in [0.4, 0.5) is 0 Å². The summed E-state index contributed by atoms with van der Waals surface area (Å²) in [5, 5.41) is 0. The van der Waals surface area contributed by atoms with Gasteiger partial charge in [0, 0.05) is 43.1 Å². The molecule has 0 bridgehead atoms. The number of hydrogen-bond acceptors (Lipinski definition) is 4. The van der Waals surface area contributed by atoms with Crippen molar-refractivity contribution in [1.29, 1.82) is 0 Å². The molecule has 1 aliphatic heterocycles. The third kappa shape index (κ3) is 4.56. The van der Waals surface area contributed by atoms with Crippen LogP contribution in [0.15, 0.2) is 55.1 Å². The first kappa shape index (κ1) is 19.8. The van der Waals surface area contributed by atoms with E-state index in [1.165, 1.54) is 11.9 Å². The molecule has 0 N–H and O–H groups in total. The number of nitrogens with zero attached hydrogens (tertiary/aromatic N) is 3. The molecule has 29 heavy (non-hydrogen) atoms. The van der Waals surface area contributed by atoms with Crippen molar-refractivity contribution >= 4 is 5.91 Å². The van der Waals surface area contributed by atoms with Gasteiger partial charge in [0.15, 0.2) is 0 Å². The Kier molecular flexibility index (Phi) is 6.35. The molecule has 2 aliphatic rings. The predicted octanol–water partition coefficient (Wildman–Crippen LogP) is 4.57. The van der Waals surface area contributed by atoms with Crippen LogP contribution in [0.5, 0.6) is 0 Å². The molecule has 1 aromatic carbocycles. The molecule has 1 aliphatic carbocycles. The summed E-state index contributed by atoms with van der Waals surface area (Å²) in [6.45, 7) is 3.55. The molecular formula is C24H29N3O2. The van der Waals surface area contributed by atoms with Gasteiger partial charge in [-0.25, -0.2) is 9.97 Å². The molecule has 0 radical (unpaired) electrons. The van der Waals surface area contributed by atoms with Crippen LogP contribution in [0.1, 0.15) is 50.7 Å². The Balaban J connectivity index is 1.44. The number of rotatable bonds is 5. The fourth-order valence-corrected chi connectivity index (χ4v) is 4.48. The Morgan fingerprint density at radius 2 is 1.90 bits per heavy atom. The maximum absolute atomic E-state index is 13.1. The van der Waals surface area contributed by atoms with Crippen molar-refractivity contribution in [2.45, 2.75) is 51.2 Å². The van der Waals surface area contributed by atoms with E-state index in [4.69, 9.17) is 4.74 Å². The fourth-order valence-electron chi connectivity index (χ4n) is 4.48. The molecule has 1 aromatic heterocycles. The first-order valence-electron chi connectivity index (χ1n) is 10.7. The summed E-state index contributed by atoms with van der Waals surface area (Å²) in [6, 6.07) is 8.69. The van der Waals surface area contributed by atoms with E-state index in [1.807, 2.05) is 12.4 Å². The molecule has 4 rings (SSSR count). The van der Waals surface area contributed by atoms with Crippen LogP contribution in [0, 0.1) is 5.92 Å². The van der Waals surface area contributed by atoms with E-state index in [1.54, 1.807) is 0 Å². The lowest BCUT2D eigenvalue weighted by molar-refractivity contribution is -0.141. The number of aromatic nitrogens is 2. The summed E-state index contributed by atoms with van der Waals surface area (Å²) in [5.74, 6) is 0.468. The average Bonchev–Trinajstić information content (AvgIpc) is 2.81. The van der Waals surface area contributed by atoms with Gasteiger partial charge in [-0.15, -0.1) is 0 Å². The number of carbonyl (C=O) groups is 1. The number of hydrogen-bond donors (Lipinski definition) is 0. The van der Waals surface area contributed by atoms with Gasteiger partial charge in [0.1, 0.15) is 6.33 Å². The lowest BCUT2D eigenvalue weighted by atomic mass is 9.90. The summed E-state index contributed by atoms with van der Waals surface area (Å²) in [7, 11) is 0. The molecule has 5 nitrogen and oxygen atoms in total. The van der Waals surface area contributed by atoms with Crippen molar-refractivity contribution in [3.05, 3.63) is 60.7 Å². The van der Waals surface area contributed by atoms with Gasteiger partial charge < -0.3 is 9.64 Å². The van der Waals surface area contributed by atoms with Crippen molar-refractivity contribution in [3.63, 3.8) is 0 Å². The SMILES string of the molecule is CCN(C(=O)C1CC=CCC1)[C@H]1CCO[C@@H](c2ccc(-c3cncnc3)cc2)C1. The third-order valence-corrected chi connectivity index (χ3v) is 6.12. The predicted molar refractivity (Wildman–Crippen MR) is 113 cm³/mol. The molecule has 152 valence electrons. The molecule has 1 unspecified atom stereocenters. The second-order valence-electron chi connectivity index (χ2n) is 7.89. The maximum atomic E-state index is 13.1. The summed E-state index contributed by atoms with van der Waals surface area (Å²) < 4.78 is 6.09. The third-order valence-electron chi connectivity index (χ3n) is 6.12.